The first-order chi connectivity index (χ1) is 9.95. The maximum atomic E-state index is 14.0. The fourth-order valence-corrected chi connectivity index (χ4v) is 2.64. The van der Waals surface area contributed by atoms with Gasteiger partial charge in [0.1, 0.15) is 5.82 Å². The minimum absolute atomic E-state index is 0.118. The highest BCUT2D eigenvalue weighted by molar-refractivity contribution is 7.99. The Balaban J connectivity index is 2.13. The summed E-state index contributed by atoms with van der Waals surface area (Å²) in [6.45, 7) is 3.28. The van der Waals surface area contributed by atoms with Gasteiger partial charge in [0, 0.05) is 28.4 Å². The monoisotopic (exact) mass is 304 g/mol. The zero-order valence-corrected chi connectivity index (χ0v) is 12.7. The molecule has 0 aliphatic rings. The van der Waals surface area contributed by atoms with Gasteiger partial charge in [0.05, 0.1) is 0 Å². The van der Waals surface area contributed by atoms with Gasteiger partial charge in [-0.1, -0.05) is 17.8 Å². The van der Waals surface area contributed by atoms with Crippen LogP contribution in [0.1, 0.15) is 25.5 Å². The number of carbonyl (C=O) groups excluding carboxylic acids is 1. The molecule has 0 bridgehead atoms. The second-order valence-electron chi connectivity index (χ2n) is 4.79. The van der Waals surface area contributed by atoms with Crippen LogP contribution in [0.3, 0.4) is 0 Å². The van der Waals surface area contributed by atoms with E-state index in [1.807, 2.05) is 25.1 Å². The van der Waals surface area contributed by atoms with Crippen molar-refractivity contribution in [1.82, 2.24) is 0 Å². The molecule has 2 aromatic carbocycles. The number of carbonyl (C=O) groups is 1. The summed E-state index contributed by atoms with van der Waals surface area (Å²) >= 11 is 1.33. The Morgan fingerprint density at radius 2 is 1.90 bits per heavy atom. The molecule has 0 fully saturated rings. The molecule has 5 heteroatoms. The zero-order valence-electron chi connectivity index (χ0n) is 11.9. The van der Waals surface area contributed by atoms with Gasteiger partial charge in [-0.2, -0.15) is 0 Å². The van der Waals surface area contributed by atoms with E-state index in [4.69, 9.17) is 5.73 Å². The molecule has 3 N–H and O–H groups in total. The molecule has 0 heterocycles. The summed E-state index contributed by atoms with van der Waals surface area (Å²) in [5.41, 5.74) is 7.23. The van der Waals surface area contributed by atoms with Gasteiger partial charge >= 0.3 is 0 Å². The van der Waals surface area contributed by atoms with Gasteiger partial charge in [-0.25, -0.2) is 4.39 Å². The summed E-state index contributed by atoms with van der Waals surface area (Å²) in [6.07, 6.45) is 0. The molecule has 0 saturated heterocycles. The standard InChI is InChI=1S/C16H17FN2OS/c1-10(18)12-3-8-16(15(17)9-12)21-14-6-4-13(5-7-14)19-11(2)20/h3-10H,18H2,1-2H3,(H,19,20)/t10-/m0/s1. The van der Waals surface area contributed by atoms with E-state index >= 15 is 0 Å². The number of anilines is 1. The van der Waals surface area contributed by atoms with Crippen LogP contribution in [0.5, 0.6) is 0 Å². The van der Waals surface area contributed by atoms with Crippen LogP contribution in [0, 0.1) is 5.82 Å². The maximum Gasteiger partial charge on any atom is 0.221 e. The van der Waals surface area contributed by atoms with E-state index in [2.05, 4.69) is 5.32 Å². The molecule has 0 aliphatic carbocycles. The van der Waals surface area contributed by atoms with Crippen LogP contribution in [-0.4, -0.2) is 5.91 Å². The molecule has 1 amide bonds. The lowest BCUT2D eigenvalue weighted by Crippen LogP contribution is -2.05. The fraction of sp³-hybridized carbons (Fsp3) is 0.188. The fourth-order valence-electron chi connectivity index (χ4n) is 1.82. The van der Waals surface area contributed by atoms with Crippen molar-refractivity contribution in [3.8, 4) is 0 Å². The second-order valence-corrected chi connectivity index (χ2v) is 5.90. The van der Waals surface area contributed by atoms with E-state index in [0.717, 1.165) is 16.1 Å². The van der Waals surface area contributed by atoms with Crippen molar-refractivity contribution in [3.05, 3.63) is 53.8 Å². The molecular formula is C16H17FN2OS. The van der Waals surface area contributed by atoms with Gasteiger partial charge in [-0.05, 0) is 48.9 Å². The van der Waals surface area contributed by atoms with Gasteiger partial charge in [-0.3, -0.25) is 4.79 Å². The lowest BCUT2D eigenvalue weighted by atomic mass is 10.1. The summed E-state index contributed by atoms with van der Waals surface area (Å²) in [7, 11) is 0. The normalized spacial score (nSPS) is 12.0. The van der Waals surface area contributed by atoms with Crippen molar-refractivity contribution in [2.24, 2.45) is 5.73 Å². The lowest BCUT2D eigenvalue weighted by Gasteiger charge is -2.09. The molecular weight excluding hydrogens is 287 g/mol. The van der Waals surface area contributed by atoms with Gasteiger partial charge in [0.25, 0.3) is 0 Å². The Morgan fingerprint density at radius 1 is 1.24 bits per heavy atom. The average Bonchev–Trinajstić information content (AvgIpc) is 2.42. The van der Waals surface area contributed by atoms with Crippen molar-refractivity contribution in [1.29, 1.82) is 0 Å². The number of benzene rings is 2. The first kappa shape index (κ1) is 15.5. The van der Waals surface area contributed by atoms with E-state index in [0.29, 0.717) is 4.90 Å². The summed E-state index contributed by atoms with van der Waals surface area (Å²) in [4.78, 5) is 12.4. The number of rotatable bonds is 4. The first-order valence-corrected chi connectivity index (χ1v) is 7.38. The van der Waals surface area contributed by atoms with Crippen molar-refractivity contribution in [3.63, 3.8) is 0 Å². The van der Waals surface area contributed by atoms with Crippen LogP contribution in [-0.2, 0) is 4.79 Å². The van der Waals surface area contributed by atoms with Crippen LogP contribution >= 0.6 is 11.8 Å². The van der Waals surface area contributed by atoms with E-state index in [1.54, 1.807) is 18.2 Å². The van der Waals surface area contributed by atoms with Crippen molar-refractivity contribution in [2.45, 2.75) is 29.7 Å². The summed E-state index contributed by atoms with van der Waals surface area (Å²) in [6, 6.07) is 12.1. The number of halogens is 1. The smallest absolute Gasteiger partial charge is 0.221 e. The van der Waals surface area contributed by atoms with Crippen LogP contribution < -0.4 is 11.1 Å². The Labute approximate surface area is 127 Å². The highest BCUT2D eigenvalue weighted by Crippen LogP contribution is 2.31. The molecule has 0 radical (unpaired) electrons. The average molecular weight is 304 g/mol. The largest absolute Gasteiger partial charge is 0.326 e. The van der Waals surface area contributed by atoms with Crippen LogP contribution in [0.25, 0.3) is 0 Å². The number of amides is 1. The molecule has 0 saturated carbocycles. The molecule has 2 aromatic rings. The van der Waals surface area contributed by atoms with Gasteiger partial charge in [0.2, 0.25) is 5.91 Å². The number of nitrogens with two attached hydrogens (primary N) is 1. The Morgan fingerprint density at radius 3 is 2.43 bits per heavy atom. The molecule has 0 aliphatic heterocycles. The van der Waals surface area contributed by atoms with Crippen molar-refractivity contribution in [2.75, 3.05) is 5.32 Å². The molecule has 0 spiro atoms. The van der Waals surface area contributed by atoms with E-state index < -0.39 is 0 Å². The number of nitrogens with one attached hydrogen (secondary N) is 1. The highest BCUT2D eigenvalue weighted by Gasteiger charge is 2.08. The Kier molecular flexibility index (Phi) is 4.98. The summed E-state index contributed by atoms with van der Waals surface area (Å²) < 4.78 is 14.0. The van der Waals surface area contributed by atoms with Crippen LogP contribution in [0.2, 0.25) is 0 Å². The number of hydrogen-bond donors (Lipinski definition) is 2. The minimum Gasteiger partial charge on any atom is -0.326 e. The predicted molar refractivity (Wildman–Crippen MR) is 83.9 cm³/mol. The molecule has 0 unspecified atom stereocenters. The summed E-state index contributed by atoms with van der Waals surface area (Å²) in [5.74, 6) is -0.395. The highest BCUT2D eigenvalue weighted by atomic mass is 32.2. The molecule has 2 rings (SSSR count). The van der Waals surface area contributed by atoms with E-state index in [9.17, 15) is 9.18 Å². The van der Waals surface area contributed by atoms with Gasteiger partial charge in [-0.15, -0.1) is 0 Å². The van der Waals surface area contributed by atoms with E-state index in [-0.39, 0.29) is 17.8 Å². The van der Waals surface area contributed by atoms with Crippen molar-refractivity contribution >= 4 is 23.4 Å². The molecule has 1 atom stereocenters. The zero-order chi connectivity index (χ0) is 15.4. The maximum absolute atomic E-state index is 14.0. The van der Waals surface area contributed by atoms with Gasteiger partial charge < -0.3 is 11.1 Å². The number of hydrogen-bond acceptors (Lipinski definition) is 3. The topological polar surface area (TPSA) is 55.1 Å². The predicted octanol–water partition coefficient (Wildman–Crippen LogP) is 3.96. The second kappa shape index (κ2) is 6.74. The molecule has 21 heavy (non-hydrogen) atoms. The third-order valence-corrected chi connectivity index (χ3v) is 3.94. The van der Waals surface area contributed by atoms with Crippen LogP contribution in [0.4, 0.5) is 10.1 Å². The quantitative estimate of drug-likeness (QED) is 0.899. The first-order valence-electron chi connectivity index (χ1n) is 6.56. The third-order valence-electron chi connectivity index (χ3n) is 2.88. The van der Waals surface area contributed by atoms with Gasteiger partial charge in [0.15, 0.2) is 0 Å². The molecule has 110 valence electrons. The van der Waals surface area contributed by atoms with E-state index in [1.165, 1.54) is 24.8 Å². The molecule has 0 aromatic heterocycles. The van der Waals surface area contributed by atoms with Crippen molar-refractivity contribution < 1.29 is 9.18 Å². The minimum atomic E-state index is -0.277. The Bertz CT molecular complexity index is 641. The summed E-state index contributed by atoms with van der Waals surface area (Å²) in [5, 5.41) is 2.69. The van der Waals surface area contributed by atoms with Crippen LogP contribution in [0.15, 0.2) is 52.3 Å². The molecule has 3 nitrogen and oxygen atoms in total. The Hall–Kier alpha value is -1.85. The lowest BCUT2D eigenvalue weighted by molar-refractivity contribution is -0.114. The third kappa shape index (κ3) is 4.31. The SMILES string of the molecule is CC(=O)Nc1ccc(Sc2ccc([C@H](C)N)cc2F)cc1.